The lowest BCUT2D eigenvalue weighted by atomic mass is 10.1. The molecule has 0 amide bonds. The zero-order valence-corrected chi connectivity index (χ0v) is 13.3. The van der Waals surface area contributed by atoms with E-state index in [1.54, 1.807) is 24.3 Å². The largest absolute Gasteiger partial charge is 0.507 e. The van der Waals surface area contributed by atoms with Crippen molar-refractivity contribution in [3.63, 3.8) is 0 Å². The minimum Gasteiger partial charge on any atom is -0.507 e. The van der Waals surface area contributed by atoms with Gasteiger partial charge in [0.05, 0.1) is 5.39 Å². The number of aromatic hydroxyl groups is 1. The smallest absolute Gasteiger partial charge is 0.204 e. The molecule has 4 rings (SSSR count). The van der Waals surface area contributed by atoms with Gasteiger partial charge >= 0.3 is 0 Å². The van der Waals surface area contributed by atoms with Crippen LogP contribution in [0.2, 0.25) is 0 Å². The van der Waals surface area contributed by atoms with Gasteiger partial charge in [0.2, 0.25) is 5.43 Å². The molecular weight excluding hydrogens is 342 g/mol. The molecule has 4 nitrogen and oxygen atoms in total. The van der Waals surface area contributed by atoms with Gasteiger partial charge in [0.15, 0.2) is 0 Å². The summed E-state index contributed by atoms with van der Waals surface area (Å²) < 4.78 is 37.8. The van der Waals surface area contributed by atoms with Crippen LogP contribution in [0.4, 0.5) is 8.78 Å². The number of halogens is 2. The normalized spacial score (nSPS) is 11.2. The van der Waals surface area contributed by atoms with Crippen molar-refractivity contribution in [3.8, 4) is 11.5 Å². The van der Waals surface area contributed by atoms with Gasteiger partial charge < -0.3 is 14.3 Å². The molecule has 6 heteroatoms. The highest BCUT2D eigenvalue weighted by Crippen LogP contribution is 2.31. The summed E-state index contributed by atoms with van der Waals surface area (Å²) in [4.78, 5) is 12.5. The molecule has 26 heavy (non-hydrogen) atoms. The molecule has 130 valence electrons. The second kappa shape index (κ2) is 6.15. The number of phenolic OH excluding ortho intramolecular Hbond substituents is 1. The van der Waals surface area contributed by atoms with Crippen LogP contribution in [0.5, 0.6) is 11.5 Å². The van der Waals surface area contributed by atoms with E-state index >= 15 is 0 Å². The Kier molecular flexibility index (Phi) is 3.80. The SMILES string of the molecule is O=c1c2ccccc2oc2cc(OCc3ccc(F)cc3F)cc(O)c12. The number of para-hydroxylation sites is 1. The fourth-order valence-electron chi connectivity index (χ4n) is 2.76. The van der Waals surface area contributed by atoms with Crippen molar-refractivity contribution in [1.29, 1.82) is 0 Å². The van der Waals surface area contributed by atoms with E-state index in [4.69, 9.17) is 9.15 Å². The van der Waals surface area contributed by atoms with Gasteiger partial charge in [-0.3, -0.25) is 4.79 Å². The van der Waals surface area contributed by atoms with E-state index in [-0.39, 0.29) is 40.1 Å². The quantitative estimate of drug-likeness (QED) is 0.550. The Labute approximate surface area is 145 Å². The van der Waals surface area contributed by atoms with Crippen LogP contribution < -0.4 is 10.2 Å². The monoisotopic (exact) mass is 354 g/mol. The van der Waals surface area contributed by atoms with Gasteiger partial charge in [0.1, 0.15) is 46.3 Å². The predicted octanol–water partition coefficient (Wildman–Crippen LogP) is 4.51. The first-order valence-corrected chi connectivity index (χ1v) is 7.78. The summed E-state index contributed by atoms with van der Waals surface area (Å²) in [6.07, 6.45) is 0. The van der Waals surface area contributed by atoms with Gasteiger partial charge in [-0.25, -0.2) is 8.78 Å². The third-order valence-corrected chi connectivity index (χ3v) is 4.04. The molecule has 0 unspecified atom stereocenters. The first-order chi connectivity index (χ1) is 12.5. The summed E-state index contributed by atoms with van der Waals surface area (Å²) >= 11 is 0. The highest BCUT2D eigenvalue weighted by atomic mass is 19.1. The van der Waals surface area contributed by atoms with Gasteiger partial charge in [-0.1, -0.05) is 12.1 Å². The molecule has 0 spiro atoms. The number of rotatable bonds is 3. The topological polar surface area (TPSA) is 59.7 Å². The maximum absolute atomic E-state index is 13.7. The Hall–Kier alpha value is -3.41. The molecule has 0 saturated heterocycles. The molecule has 1 heterocycles. The van der Waals surface area contributed by atoms with Crippen molar-refractivity contribution in [3.05, 3.63) is 82.0 Å². The minimum absolute atomic E-state index is 0.0454. The fourth-order valence-corrected chi connectivity index (χ4v) is 2.76. The van der Waals surface area contributed by atoms with E-state index in [0.29, 0.717) is 11.0 Å². The van der Waals surface area contributed by atoms with E-state index in [0.717, 1.165) is 12.1 Å². The van der Waals surface area contributed by atoms with Crippen LogP contribution >= 0.6 is 0 Å². The Morgan fingerprint density at radius 2 is 1.81 bits per heavy atom. The Balaban J connectivity index is 1.75. The van der Waals surface area contributed by atoms with E-state index in [1.165, 1.54) is 18.2 Å². The molecule has 0 radical (unpaired) electrons. The molecule has 4 aromatic rings. The van der Waals surface area contributed by atoms with Crippen LogP contribution in [-0.4, -0.2) is 5.11 Å². The van der Waals surface area contributed by atoms with Crippen LogP contribution in [0.3, 0.4) is 0 Å². The van der Waals surface area contributed by atoms with Crippen LogP contribution in [0, 0.1) is 11.6 Å². The van der Waals surface area contributed by atoms with Gasteiger partial charge in [-0.05, 0) is 24.3 Å². The molecular formula is C20H12F2O4. The zero-order chi connectivity index (χ0) is 18.3. The first-order valence-electron chi connectivity index (χ1n) is 7.78. The summed E-state index contributed by atoms with van der Waals surface area (Å²) in [6.45, 7) is -0.172. The third kappa shape index (κ3) is 2.75. The number of fused-ring (bicyclic) bond motifs is 2. The summed E-state index contributed by atoms with van der Waals surface area (Å²) in [5, 5.41) is 10.6. The van der Waals surface area contributed by atoms with Crippen molar-refractivity contribution in [2.75, 3.05) is 0 Å². The molecule has 1 N–H and O–H groups in total. The third-order valence-electron chi connectivity index (χ3n) is 4.04. The molecule has 0 bridgehead atoms. The van der Waals surface area contributed by atoms with Crippen LogP contribution in [0.1, 0.15) is 5.56 Å². The summed E-state index contributed by atoms with van der Waals surface area (Å²) in [7, 11) is 0. The molecule has 1 aromatic heterocycles. The Morgan fingerprint density at radius 1 is 1.00 bits per heavy atom. The van der Waals surface area contributed by atoms with Crippen molar-refractivity contribution < 1.29 is 23.0 Å². The van der Waals surface area contributed by atoms with Crippen molar-refractivity contribution in [2.45, 2.75) is 6.61 Å². The molecule has 0 fully saturated rings. The maximum atomic E-state index is 13.7. The number of ether oxygens (including phenoxy) is 1. The standard InChI is InChI=1S/C20H12F2O4/c21-12-6-5-11(15(22)7-12)10-25-13-8-16(23)19-18(9-13)26-17-4-2-1-3-14(17)20(19)24/h1-9,23H,10H2. The van der Waals surface area contributed by atoms with Gasteiger partial charge in [0.25, 0.3) is 0 Å². The molecule has 0 saturated carbocycles. The molecule has 0 aliphatic heterocycles. The number of benzene rings is 3. The van der Waals surface area contributed by atoms with Crippen molar-refractivity contribution >= 4 is 21.9 Å². The minimum atomic E-state index is -0.729. The number of phenols is 1. The van der Waals surface area contributed by atoms with E-state index in [9.17, 15) is 18.7 Å². The number of hydrogen-bond acceptors (Lipinski definition) is 4. The molecule has 0 aliphatic rings. The fraction of sp³-hybridized carbons (Fsp3) is 0.0500. The molecule has 0 aliphatic carbocycles. The first kappa shape index (κ1) is 16.1. The van der Waals surface area contributed by atoms with Crippen LogP contribution in [0.25, 0.3) is 21.9 Å². The Morgan fingerprint density at radius 3 is 2.62 bits per heavy atom. The second-order valence-corrected chi connectivity index (χ2v) is 5.77. The average Bonchev–Trinajstić information content (AvgIpc) is 2.61. The van der Waals surface area contributed by atoms with E-state index < -0.39 is 11.6 Å². The Bertz CT molecular complexity index is 1200. The highest BCUT2D eigenvalue weighted by Gasteiger charge is 2.14. The molecule has 0 atom stereocenters. The van der Waals surface area contributed by atoms with E-state index in [2.05, 4.69) is 0 Å². The lowest BCUT2D eigenvalue weighted by Gasteiger charge is -2.09. The lowest BCUT2D eigenvalue weighted by molar-refractivity contribution is 0.298. The van der Waals surface area contributed by atoms with Gasteiger partial charge in [0, 0.05) is 23.8 Å². The highest BCUT2D eigenvalue weighted by molar-refractivity contribution is 5.93. The summed E-state index contributed by atoms with van der Waals surface area (Å²) in [5.74, 6) is -1.51. The average molecular weight is 354 g/mol. The second-order valence-electron chi connectivity index (χ2n) is 5.77. The van der Waals surface area contributed by atoms with E-state index in [1.807, 2.05) is 0 Å². The maximum Gasteiger partial charge on any atom is 0.204 e. The van der Waals surface area contributed by atoms with Gasteiger partial charge in [-0.2, -0.15) is 0 Å². The van der Waals surface area contributed by atoms with Crippen LogP contribution in [0.15, 0.2) is 63.8 Å². The van der Waals surface area contributed by atoms with Crippen LogP contribution in [-0.2, 0) is 6.61 Å². The predicted molar refractivity (Wildman–Crippen MR) is 92.3 cm³/mol. The van der Waals surface area contributed by atoms with Crippen molar-refractivity contribution in [1.82, 2.24) is 0 Å². The summed E-state index contributed by atoms with van der Waals surface area (Å²) in [6, 6.07) is 12.6. The van der Waals surface area contributed by atoms with Crippen molar-refractivity contribution in [2.24, 2.45) is 0 Å². The molecule has 3 aromatic carbocycles. The zero-order valence-electron chi connectivity index (χ0n) is 13.3. The van der Waals surface area contributed by atoms with Gasteiger partial charge in [-0.15, -0.1) is 0 Å². The number of hydrogen-bond donors (Lipinski definition) is 1. The lowest BCUT2D eigenvalue weighted by Crippen LogP contribution is -2.03. The summed E-state index contributed by atoms with van der Waals surface area (Å²) in [5.41, 5.74) is 0.343.